The summed E-state index contributed by atoms with van der Waals surface area (Å²) < 4.78 is 0. The first kappa shape index (κ1) is 14.2. The molecule has 0 heterocycles. The van der Waals surface area contributed by atoms with E-state index >= 15 is 0 Å². The molecule has 1 aromatic carbocycles. The van der Waals surface area contributed by atoms with Gasteiger partial charge in [-0.3, -0.25) is 0 Å². The van der Waals surface area contributed by atoms with Crippen LogP contribution in [-0.4, -0.2) is 25.2 Å². The molecule has 0 unspecified atom stereocenters. The molecule has 1 aromatic rings. The molecule has 17 heavy (non-hydrogen) atoms. The number of rotatable bonds is 8. The highest BCUT2D eigenvalue weighted by atomic mass is 14.9. The van der Waals surface area contributed by atoms with Gasteiger partial charge in [-0.25, -0.2) is 0 Å². The summed E-state index contributed by atoms with van der Waals surface area (Å²) in [5, 5.41) is 3.35. The van der Waals surface area contributed by atoms with E-state index in [1.165, 1.54) is 5.56 Å². The van der Waals surface area contributed by atoms with Gasteiger partial charge in [0.2, 0.25) is 0 Å². The van der Waals surface area contributed by atoms with Gasteiger partial charge in [0.25, 0.3) is 0 Å². The van der Waals surface area contributed by atoms with Crippen LogP contribution in [0.2, 0.25) is 0 Å². The van der Waals surface area contributed by atoms with Crippen LogP contribution in [0.15, 0.2) is 30.3 Å². The highest BCUT2D eigenvalue weighted by Gasteiger charge is 2.02. The standard InChI is InChI=1S/C14H25N3/c1-12(15)9-10-17-11-14(16)8-7-13-5-3-2-4-6-13/h2-6,12,14,17H,7-11,15-16H2,1H3/t12-,14+/m1/s1. The van der Waals surface area contributed by atoms with Crippen LogP contribution in [0.5, 0.6) is 0 Å². The Bertz CT molecular complexity index is 285. The highest BCUT2D eigenvalue weighted by molar-refractivity contribution is 5.14. The number of benzene rings is 1. The summed E-state index contributed by atoms with van der Waals surface area (Å²) in [6.07, 6.45) is 3.08. The van der Waals surface area contributed by atoms with Crippen molar-refractivity contribution in [2.75, 3.05) is 13.1 Å². The van der Waals surface area contributed by atoms with E-state index in [1.807, 2.05) is 13.0 Å². The van der Waals surface area contributed by atoms with Crippen LogP contribution in [0.4, 0.5) is 0 Å². The molecule has 0 bridgehead atoms. The van der Waals surface area contributed by atoms with Crippen LogP contribution in [0.25, 0.3) is 0 Å². The zero-order valence-corrected chi connectivity index (χ0v) is 10.7. The average molecular weight is 235 g/mol. The molecular formula is C14H25N3. The van der Waals surface area contributed by atoms with Crippen molar-refractivity contribution in [3.63, 3.8) is 0 Å². The van der Waals surface area contributed by atoms with Gasteiger partial charge < -0.3 is 16.8 Å². The van der Waals surface area contributed by atoms with Crippen LogP contribution in [0.1, 0.15) is 25.3 Å². The fourth-order valence-electron chi connectivity index (χ4n) is 1.72. The van der Waals surface area contributed by atoms with Crippen molar-refractivity contribution in [1.82, 2.24) is 5.32 Å². The van der Waals surface area contributed by atoms with E-state index in [9.17, 15) is 0 Å². The molecule has 0 fully saturated rings. The van der Waals surface area contributed by atoms with Crippen molar-refractivity contribution in [2.24, 2.45) is 11.5 Å². The largest absolute Gasteiger partial charge is 0.328 e. The maximum atomic E-state index is 6.04. The molecule has 0 amide bonds. The fourth-order valence-corrected chi connectivity index (χ4v) is 1.72. The lowest BCUT2D eigenvalue weighted by molar-refractivity contribution is 0.521. The Hall–Kier alpha value is -0.900. The maximum Gasteiger partial charge on any atom is 0.0168 e. The second-order valence-electron chi connectivity index (χ2n) is 4.75. The van der Waals surface area contributed by atoms with Crippen LogP contribution in [0.3, 0.4) is 0 Å². The Morgan fingerprint density at radius 3 is 2.47 bits per heavy atom. The van der Waals surface area contributed by atoms with Gasteiger partial charge in [0, 0.05) is 18.6 Å². The molecule has 0 spiro atoms. The van der Waals surface area contributed by atoms with Crippen LogP contribution >= 0.6 is 0 Å². The van der Waals surface area contributed by atoms with Gasteiger partial charge >= 0.3 is 0 Å². The number of aryl methyl sites for hydroxylation is 1. The van der Waals surface area contributed by atoms with E-state index in [2.05, 4.69) is 29.6 Å². The summed E-state index contributed by atoms with van der Waals surface area (Å²) in [6.45, 7) is 3.85. The summed E-state index contributed by atoms with van der Waals surface area (Å²) in [7, 11) is 0. The van der Waals surface area contributed by atoms with Crippen molar-refractivity contribution >= 4 is 0 Å². The second-order valence-corrected chi connectivity index (χ2v) is 4.75. The molecule has 96 valence electrons. The first-order valence-electron chi connectivity index (χ1n) is 6.44. The molecule has 0 saturated heterocycles. The molecule has 0 saturated carbocycles. The van der Waals surface area contributed by atoms with Crippen molar-refractivity contribution in [1.29, 1.82) is 0 Å². The lowest BCUT2D eigenvalue weighted by Crippen LogP contribution is -2.36. The molecule has 0 aromatic heterocycles. The molecule has 3 nitrogen and oxygen atoms in total. The van der Waals surface area contributed by atoms with Crippen molar-refractivity contribution < 1.29 is 0 Å². The number of nitrogens with one attached hydrogen (secondary N) is 1. The molecule has 5 N–H and O–H groups in total. The average Bonchev–Trinajstić information content (AvgIpc) is 2.33. The summed E-state index contributed by atoms with van der Waals surface area (Å²) in [5.74, 6) is 0. The van der Waals surface area contributed by atoms with Gasteiger partial charge in [-0.2, -0.15) is 0 Å². The number of hydrogen-bond acceptors (Lipinski definition) is 3. The van der Waals surface area contributed by atoms with Crippen LogP contribution < -0.4 is 16.8 Å². The third-order valence-corrected chi connectivity index (χ3v) is 2.83. The molecule has 0 aliphatic heterocycles. The Balaban J connectivity index is 2.07. The fraction of sp³-hybridized carbons (Fsp3) is 0.571. The summed E-state index contributed by atoms with van der Waals surface area (Å²) in [4.78, 5) is 0. The first-order valence-corrected chi connectivity index (χ1v) is 6.44. The van der Waals surface area contributed by atoms with E-state index in [4.69, 9.17) is 11.5 Å². The van der Waals surface area contributed by atoms with Crippen molar-refractivity contribution in [2.45, 2.75) is 38.3 Å². The lowest BCUT2D eigenvalue weighted by atomic mass is 10.1. The second kappa shape index (κ2) is 8.23. The third-order valence-electron chi connectivity index (χ3n) is 2.83. The van der Waals surface area contributed by atoms with Gasteiger partial charge in [0.15, 0.2) is 0 Å². The summed E-state index contributed by atoms with van der Waals surface area (Å²) in [5.41, 5.74) is 13.1. The zero-order valence-electron chi connectivity index (χ0n) is 10.7. The molecular weight excluding hydrogens is 210 g/mol. The summed E-state index contributed by atoms with van der Waals surface area (Å²) in [6, 6.07) is 11.0. The van der Waals surface area contributed by atoms with E-state index in [0.29, 0.717) is 0 Å². The van der Waals surface area contributed by atoms with E-state index in [0.717, 1.165) is 32.4 Å². The Morgan fingerprint density at radius 1 is 1.12 bits per heavy atom. The third kappa shape index (κ3) is 7.10. The maximum absolute atomic E-state index is 6.04. The van der Waals surface area contributed by atoms with Crippen molar-refractivity contribution in [3.8, 4) is 0 Å². The van der Waals surface area contributed by atoms with Gasteiger partial charge in [0.05, 0.1) is 0 Å². The number of nitrogens with two attached hydrogens (primary N) is 2. The van der Waals surface area contributed by atoms with Gasteiger partial charge in [-0.05, 0) is 38.3 Å². The van der Waals surface area contributed by atoms with Crippen LogP contribution in [0, 0.1) is 0 Å². The van der Waals surface area contributed by atoms with E-state index < -0.39 is 0 Å². The zero-order chi connectivity index (χ0) is 12.5. The first-order chi connectivity index (χ1) is 8.18. The topological polar surface area (TPSA) is 64.1 Å². The minimum Gasteiger partial charge on any atom is -0.328 e. The molecule has 1 rings (SSSR count). The van der Waals surface area contributed by atoms with Crippen molar-refractivity contribution in [3.05, 3.63) is 35.9 Å². The smallest absolute Gasteiger partial charge is 0.0168 e. The highest BCUT2D eigenvalue weighted by Crippen LogP contribution is 2.03. The molecule has 0 aliphatic carbocycles. The van der Waals surface area contributed by atoms with E-state index in [1.54, 1.807) is 0 Å². The predicted octanol–water partition coefficient (Wildman–Crippen LogP) is 1.27. The molecule has 0 radical (unpaired) electrons. The lowest BCUT2D eigenvalue weighted by Gasteiger charge is -2.13. The monoisotopic (exact) mass is 235 g/mol. The molecule has 2 atom stereocenters. The normalized spacial score (nSPS) is 14.5. The minimum absolute atomic E-state index is 0.225. The van der Waals surface area contributed by atoms with Gasteiger partial charge in [-0.1, -0.05) is 30.3 Å². The SMILES string of the molecule is C[C@@H](N)CCNC[C@@H](N)CCc1ccccc1. The Morgan fingerprint density at radius 2 is 1.82 bits per heavy atom. The predicted molar refractivity (Wildman–Crippen MR) is 73.9 cm³/mol. The van der Waals surface area contributed by atoms with Gasteiger partial charge in [0.1, 0.15) is 0 Å². The van der Waals surface area contributed by atoms with Crippen LogP contribution in [-0.2, 0) is 6.42 Å². The number of hydrogen-bond donors (Lipinski definition) is 3. The Labute approximate surface area is 105 Å². The minimum atomic E-state index is 0.225. The van der Waals surface area contributed by atoms with Gasteiger partial charge in [-0.15, -0.1) is 0 Å². The molecule has 0 aliphatic rings. The van der Waals surface area contributed by atoms with E-state index in [-0.39, 0.29) is 12.1 Å². The Kier molecular flexibility index (Phi) is 6.86. The molecule has 3 heteroatoms. The summed E-state index contributed by atoms with van der Waals surface area (Å²) >= 11 is 0. The quantitative estimate of drug-likeness (QED) is 0.595.